The van der Waals surface area contributed by atoms with Crippen LogP contribution >= 0.6 is 35.0 Å². The van der Waals surface area contributed by atoms with Crippen LogP contribution in [0.15, 0.2) is 23.9 Å². The molecule has 0 saturated carbocycles. The number of rotatable bonds is 3. The molecule has 0 aliphatic rings. The van der Waals surface area contributed by atoms with Gasteiger partial charge in [-0.05, 0) is 0 Å². The van der Waals surface area contributed by atoms with E-state index >= 15 is 0 Å². The van der Waals surface area contributed by atoms with Gasteiger partial charge in [-0.3, -0.25) is 0 Å². The van der Waals surface area contributed by atoms with E-state index in [1.165, 1.54) is 18.1 Å². The smallest absolute Gasteiger partial charge is 0.147 e. The molecule has 0 saturated heterocycles. The van der Waals surface area contributed by atoms with Crippen molar-refractivity contribution >= 4 is 35.0 Å². The number of hydrogen-bond acceptors (Lipinski definition) is 3. The first-order valence-corrected chi connectivity index (χ1v) is 4.89. The van der Waals surface area contributed by atoms with E-state index in [9.17, 15) is 0 Å². The lowest BCUT2D eigenvalue weighted by atomic mass is 10.7. The lowest BCUT2D eigenvalue weighted by molar-refractivity contribution is 1.10. The lowest BCUT2D eigenvalue weighted by Crippen LogP contribution is -1.86. The third-order valence-electron chi connectivity index (χ3n) is 1.06. The molecular weight excluding hydrogens is 215 g/mol. The summed E-state index contributed by atoms with van der Waals surface area (Å²) in [5, 5.41) is 0.781. The van der Waals surface area contributed by atoms with Crippen molar-refractivity contribution in [2.45, 2.75) is 4.90 Å². The van der Waals surface area contributed by atoms with Gasteiger partial charge in [0.2, 0.25) is 0 Å². The number of nitrogens with zero attached hydrogens (tertiary/aromatic N) is 2. The zero-order chi connectivity index (χ0) is 8.97. The normalized spacial score (nSPS) is 9.83. The van der Waals surface area contributed by atoms with Gasteiger partial charge in [0.1, 0.15) is 16.6 Å². The molecule has 1 heterocycles. The third kappa shape index (κ3) is 2.37. The van der Waals surface area contributed by atoms with E-state index in [2.05, 4.69) is 16.5 Å². The Bertz CT molecular complexity index is 270. The van der Waals surface area contributed by atoms with Crippen molar-refractivity contribution in [3.63, 3.8) is 0 Å². The summed E-state index contributed by atoms with van der Waals surface area (Å²) in [4.78, 5) is 8.32. The standard InChI is InChI=1S/C7H6Cl2N2S/c1-2-3-12-5-6(8)10-4-11-7(5)9/h2,4H,1,3H2. The zero-order valence-corrected chi connectivity index (χ0v) is 8.46. The van der Waals surface area contributed by atoms with Gasteiger partial charge in [0, 0.05) is 5.75 Å². The topological polar surface area (TPSA) is 25.8 Å². The molecule has 1 aromatic heterocycles. The quantitative estimate of drug-likeness (QED) is 0.445. The molecule has 0 aromatic carbocycles. The molecule has 0 bridgehead atoms. The Balaban J connectivity index is 2.88. The Morgan fingerprint density at radius 2 is 2.00 bits per heavy atom. The first kappa shape index (κ1) is 9.84. The molecule has 1 aromatic rings. The van der Waals surface area contributed by atoms with Crippen LogP contribution in [0.5, 0.6) is 0 Å². The van der Waals surface area contributed by atoms with Gasteiger partial charge >= 0.3 is 0 Å². The summed E-state index contributed by atoms with van der Waals surface area (Å²) in [7, 11) is 0. The van der Waals surface area contributed by atoms with Gasteiger partial charge in [0.25, 0.3) is 0 Å². The molecule has 1 rings (SSSR count). The highest BCUT2D eigenvalue weighted by Gasteiger charge is 2.06. The van der Waals surface area contributed by atoms with E-state index in [4.69, 9.17) is 23.2 Å². The predicted molar refractivity (Wildman–Crippen MR) is 53.0 cm³/mol. The van der Waals surface area contributed by atoms with Gasteiger partial charge in [-0.25, -0.2) is 9.97 Å². The molecule has 0 N–H and O–H groups in total. The van der Waals surface area contributed by atoms with E-state index in [0.29, 0.717) is 15.2 Å². The van der Waals surface area contributed by atoms with Crippen molar-refractivity contribution < 1.29 is 0 Å². The lowest BCUT2D eigenvalue weighted by Gasteiger charge is -2.01. The van der Waals surface area contributed by atoms with Gasteiger partial charge in [0.05, 0.1) is 4.90 Å². The highest BCUT2D eigenvalue weighted by Crippen LogP contribution is 2.30. The van der Waals surface area contributed by atoms with Crippen LogP contribution in [0.1, 0.15) is 0 Å². The summed E-state index contributed by atoms with van der Waals surface area (Å²) in [5.41, 5.74) is 0. The van der Waals surface area contributed by atoms with E-state index < -0.39 is 0 Å². The van der Waals surface area contributed by atoms with Crippen LogP contribution in [0.3, 0.4) is 0 Å². The fourth-order valence-corrected chi connectivity index (χ4v) is 1.86. The first-order valence-electron chi connectivity index (χ1n) is 3.15. The Hall–Kier alpha value is -0.250. The highest BCUT2D eigenvalue weighted by molar-refractivity contribution is 7.99. The Morgan fingerprint density at radius 1 is 1.42 bits per heavy atom. The number of hydrogen-bond donors (Lipinski definition) is 0. The average molecular weight is 221 g/mol. The Kier molecular flexibility index (Phi) is 3.85. The predicted octanol–water partition coefficient (Wildman–Crippen LogP) is 3.06. The van der Waals surface area contributed by atoms with Crippen molar-refractivity contribution in [2.75, 3.05) is 5.75 Å². The molecule has 0 atom stereocenters. The maximum atomic E-state index is 5.77. The Labute approximate surface area is 85.0 Å². The van der Waals surface area contributed by atoms with E-state index in [1.807, 2.05) is 0 Å². The fourth-order valence-electron chi connectivity index (χ4n) is 0.594. The van der Waals surface area contributed by atoms with E-state index in [-0.39, 0.29) is 0 Å². The van der Waals surface area contributed by atoms with Gasteiger partial charge in [0.15, 0.2) is 0 Å². The second-order valence-corrected chi connectivity index (χ2v) is 3.63. The maximum Gasteiger partial charge on any atom is 0.147 e. The molecular formula is C7H6Cl2N2S. The minimum Gasteiger partial charge on any atom is -0.223 e. The fraction of sp³-hybridized carbons (Fsp3) is 0.143. The van der Waals surface area contributed by atoms with Crippen LogP contribution in [0.4, 0.5) is 0 Å². The molecule has 0 spiro atoms. The molecule has 2 nitrogen and oxygen atoms in total. The van der Waals surface area contributed by atoms with Crippen LogP contribution in [-0.4, -0.2) is 15.7 Å². The molecule has 0 aliphatic carbocycles. The van der Waals surface area contributed by atoms with Crippen LogP contribution < -0.4 is 0 Å². The summed E-state index contributed by atoms with van der Waals surface area (Å²) in [5.74, 6) is 0.743. The van der Waals surface area contributed by atoms with Crippen LogP contribution in [0, 0.1) is 0 Å². The molecule has 12 heavy (non-hydrogen) atoms. The molecule has 0 fully saturated rings. The summed E-state index contributed by atoms with van der Waals surface area (Å²) < 4.78 is 0. The highest BCUT2D eigenvalue weighted by atomic mass is 35.5. The van der Waals surface area contributed by atoms with E-state index in [1.54, 1.807) is 6.08 Å². The third-order valence-corrected chi connectivity index (χ3v) is 2.94. The number of aromatic nitrogens is 2. The van der Waals surface area contributed by atoms with E-state index in [0.717, 1.165) is 5.75 Å². The van der Waals surface area contributed by atoms with Crippen molar-refractivity contribution in [1.29, 1.82) is 0 Å². The van der Waals surface area contributed by atoms with Crippen molar-refractivity contribution in [2.24, 2.45) is 0 Å². The summed E-state index contributed by atoms with van der Waals surface area (Å²) >= 11 is 13.0. The summed E-state index contributed by atoms with van der Waals surface area (Å²) in [6, 6.07) is 0. The van der Waals surface area contributed by atoms with Crippen molar-refractivity contribution in [3.8, 4) is 0 Å². The monoisotopic (exact) mass is 220 g/mol. The Morgan fingerprint density at radius 3 is 2.50 bits per heavy atom. The zero-order valence-electron chi connectivity index (χ0n) is 6.13. The first-order chi connectivity index (χ1) is 5.75. The minimum atomic E-state index is 0.391. The molecule has 5 heteroatoms. The number of thioether (sulfide) groups is 1. The molecule has 0 radical (unpaired) electrons. The minimum absolute atomic E-state index is 0.391. The van der Waals surface area contributed by atoms with Gasteiger partial charge < -0.3 is 0 Å². The van der Waals surface area contributed by atoms with Crippen LogP contribution in [-0.2, 0) is 0 Å². The van der Waals surface area contributed by atoms with Crippen LogP contribution in [0.25, 0.3) is 0 Å². The SMILES string of the molecule is C=CCSc1c(Cl)ncnc1Cl. The van der Waals surface area contributed by atoms with Gasteiger partial charge in [-0.15, -0.1) is 18.3 Å². The molecule has 0 aliphatic heterocycles. The molecule has 0 amide bonds. The average Bonchev–Trinajstić information content (AvgIpc) is 2.04. The van der Waals surface area contributed by atoms with Crippen molar-refractivity contribution in [3.05, 3.63) is 29.3 Å². The second kappa shape index (κ2) is 4.70. The molecule has 64 valence electrons. The summed E-state index contributed by atoms with van der Waals surface area (Å²) in [6.45, 7) is 3.59. The second-order valence-electron chi connectivity index (χ2n) is 1.88. The van der Waals surface area contributed by atoms with Gasteiger partial charge in [-0.1, -0.05) is 29.3 Å². The maximum absolute atomic E-state index is 5.77. The molecule has 0 unspecified atom stereocenters. The largest absolute Gasteiger partial charge is 0.223 e. The van der Waals surface area contributed by atoms with Crippen LogP contribution in [0.2, 0.25) is 10.3 Å². The van der Waals surface area contributed by atoms with Crippen molar-refractivity contribution in [1.82, 2.24) is 9.97 Å². The number of halogens is 2. The summed E-state index contributed by atoms with van der Waals surface area (Å²) in [6.07, 6.45) is 3.10. The van der Waals surface area contributed by atoms with Gasteiger partial charge in [-0.2, -0.15) is 0 Å².